The molecule has 1 unspecified atom stereocenters. The molecule has 0 heterocycles. The van der Waals surface area contributed by atoms with Gasteiger partial charge in [0.2, 0.25) is 5.91 Å². The Morgan fingerprint density at radius 1 is 1.35 bits per heavy atom. The minimum Gasteiger partial charge on any atom is -0.491 e. The van der Waals surface area contributed by atoms with Gasteiger partial charge in [0, 0.05) is 6.54 Å². The topological polar surface area (TPSA) is 84.6 Å². The summed E-state index contributed by atoms with van der Waals surface area (Å²) < 4.78 is 5.52. The van der Waals surface area contributed by atoms with E-state index in [0.717, 1.165) is 11.3 Å². The molecule has 0 spiro atoms. The number of ether oxygens (including phenoxy) is 1. The third kappa shape index (κ3) is 5.19. The second kappa shape index (κ2) is 6.72. The van der Waals surface area contributed by atoms with Crippen LogP contribution in [0, 0.1) is 0 Å². The molecule has 0 bridgehead atoms. The molecule has 0 saturated heterocycles. The van der Waals surface area contributed by atoms with E-state index in [1.165, 1.54) is 0 Å². The molecule has 1 aromatic carbocycles. The van der Waals surface area contributed by atoms with Crippen LogP contribution in [0.4, 0.5) is 0 Å². The lowest BCUT2D eigenvalue weighted by molar-refractivity contribution is -0.125. The van der Waals surface area contributed by atoms with Crippen LogP contribution in [0.1, 0.15) is 39.4 Å². The predicted molar refractivity (Wildman–Crippen MR) is 78.4 cm³/mol. The maximum Gasteiger partial charge on any atom is 0.239 e. The van der Waals surface area contributed by atoms with Crippen molar-refractivity contribution in [3.63, 3.8) is 0 Å². The van der Waals surface area contributed by atoms with Gasteiger partial charge in [-0.3, -0.25) is 4.79 Å². The zero-order chi connectivity index (χ0) is 15.3. The molecule has 1 atom stereocenters. The Kier molecular flexibility index (Phi) is 5.53. The fourth-order valence-electron chi connectivity index (χ4n) is 1.58. The van der Waals surface area contributed by atoms with Gasteiger partial charge in [0.25, 0.3) is 0 Å². The van der Waals surface area contributed by atoms with Gasteiger partial charge in [-0.2, -0.15) is 0 Å². The molecule has 112 valence electrons. The van der Waals surface area contributed by atoms with Crippen molar-refractivity contribution in [3.8, 4) is 5.75 Å². The monoisotopic (exact) mass is 280 g/mol. The van der Waals surface area contributed by atoms with Crippen LogP contribution in [0.15, 0.2) is 24.3 Å². The summed E-state index contributed by atoms with van der Waals surface area (Å²) in [5.74, 6) is 0.458. The molecule has 5 heteroatoms. The summed E-state index contributed by atoms with van der Waals surface area (Å²) >= 11 is 0. The summed E-state index contributed by atoms with van der Waals surface area (Å²) in [4.78, 5) is 11.6. The molecule has 0 aliphatic rings. The summed E-state index contributed by atoms with van der Waals surface area (Å²) in [7, 11) is 0. The Morgan fingerprint density at radius 2 is 1.90 bits per heavy atom. The number of rotatable bonds is 6. The lowest BCUT2D eigenvalue weighted by Gasteiger charge is -2.20. The molecule has 0 fully saturated rings. The van der Waals surface area contributed by atoms with E-state index in [4.69, 9.17) is 10.5 Å². The van der Waals surface area contributed by atoms with Crippen LogP contribution in [0.3, 0.4) is 0 Å². The van der Waals surface area contributed by atoms with Gasteiger partial charge in [-0.05, 0) is 45.4 Å². The highest BCUT2D eigenvalue weighted by molar-refractivity contribution is 5.85. The van der Waals surface area contributed by atoms with Crippen LogP contribution in [0.25, 0.3) is 0 Å². The number of aliphatic hydroxyl groups excluding tert-OH is 1. The summed E-state index contributed by atoms with van der Waals surface area (Å²) in [5.41, 5.74) is 5.43. The Morgan fingerprint density at radius 3 is 2.35 bits per heavy atom. The predicted octanol–water partition coefficient (Wildman–Crippen LogP) is 1.36. The van der Waals surface area contributed by atoms with E-state index in [9.17, 15) is 9.90 Å². The average molecular weight is 280 g/mol. The molecule has 1 rings (SSSR count). The highest BCUT2D eigenvalue weighted by atomic mass is 16.5. The minimum absolute atomic E-state index is 0.108. The van der Waals surface area contributed by atoms with E-state index in [1.54, 1.807) is 38.1 Å². The number of hydrogen-bond donors (Lipinski definition) is 3. The Labute approximate surface area is 120 Å². The summed E-state index contributed by atoms with van der Waals surface area (Å²) in [6.45, 7) is 7.27. The Bertz CT molecular complexity index is 435. The quantitative estimate of drug-likeness (QED) is 0.734. The highest BCUT2D eigenvalue weighted by Crippen LogP contribution is 2.18. The number of carbonyl (C=O) groups is 1. The number of hydrogen-bond acceptors (Lipinski definition) is 4. The first-order valence-electron chi connectivity index (χ1n) is 6.72. The van der Waals surface area contributed by atoms with Crippen LogP contribution in [-0.4, -0.2) is 29.2 Å². The van der Waals surface area contributed by atoms with Gasteiger partial charge in [-0.1, -0.05) is 12.1 Å². The van der Waals surface area contributed by atoms with E-state index in [-0.39, 0.29) is 18.6 Å². The first kappa shape index (κ1) is 16.5. The molecule has 0 aliphatic carbocycles. The zero-order valence-electron chi connectivity index (χ0n) is 12.5. The number of amides is 1. The van der Waals surface area contributed by atoms with Gasteiger partial charge in [0.05, 0.1) is 17.7 Å². The van der Waals surface area contributed by atoms with Crippen LogP contribution >= 0.6 is 0 Å². The molecular weight excluding hydrogens is 256 g/mol. The lowest BCUT2D eigenvalue weighted by atomic mass is 10.1. The third-order valence-electron chi connectivity index (χ3n) is 2.68. The van der Waals surface area contributed by atoms with Gasteiger partial charge in [0.1, 0.15) is 5.75 Å². The molecular formula is C15H24N2O3. The van der Waals surface area contributed by atoms with Crippen LogP contribution < -0.4 is 15.8 Å². The largest absolute Gasteiger partial charge is 0.491 e. The van der Waals surface area contributed by atoms with Crippen molar-refractivity contribution in [2.24, 2.45) is 5.73 Å². The van der Waals surface area contributed by atoms with Crippen molar-refractivity contribution in [1.29, 1.82) is 0 Å². The number of benzene rings is 1. The Balaban J connectivity index is 2.55. The van der Waals surface area contributed by atoms with E-state index >= 15 is 0 Å². The average Bonchev–Trinajstić information content (AvgIpc) is 2.34. The van der Waals surface area contributed by atoms with Crippen LogP contribution in [0.5, 0.6) is 5.75 Å². The molecule has 0 radical (unpaired) electrons. The summed E-state index contributed by atoms with van der Waals surface area (Å²) in [5, 5.41) is 12.6. The van der Waals surface area contributed by atoms with Crippen LogP contribution in [0.2, 0.25) is 0 Å². The van der Waals surface area contributed by atoms with Gasteiger partial charge in [-0.25, -0.2) is 0 Å². The maximum atomic E-state index is 11.6. The highest BCUT2D eigenvalue weighted by Gasteiger charge is 2.22. The normalized spacial score (nSPS) is 13.2. The first-order chi connectivity index (χ1) is 9.20. The molecule has 0 aliphatic heterocycles. The van der Waals surface area contributed by atoms with Gasteiger partial charge in [0.15, 0.2) is 0 Å². The fraction of sp³-hybridized carbons (Fsp3) is 0.533. The van der Waals surface area contributed by atoms with Crippen molar-refractivity contribution in [2.75, 3.05) is 6.54 Å². The van der Waals surface area contributed by atoms with E-state index in [2.05, 4.69) is 5.32 Å². The molecule has 4 N–H and O–H groups in total. The molecule has 1 amide bonds. The third-order valence-corrected chi connectivity index (χ3v) is 2.68. The number of aliphatic hydroxyl groups is 1. The first-order valence-corrected chi connectivity index (χ1v) is 6.72. The van der Waals surface area contributed by atoms with E-state index < -0.39 is 11.6 Å². The summed E-state index contributed by atoms with van der Waals surface area (Å²) in [6.07, 6.45) is -0.661. The minimum atomic E-state index is -0.950. The molecule has 0 saturated carbocycles. The Hall–Kier alpha value is -1.59. The van der Waals surface area contributed by atoms with Crippen LogP contribution in [-0.2, 0) is 4.79 Å². The fourth-order valence-corrected chi connectivity index (χ4v) is 1.58. The van der Waals surface area contributed by atoms with Crippen molar-refractivity contribution in [2.45, 2.75) is 45.4 Å². The smallest absolute Gasteiger partial charge is 0.239 e. The second-order valence-electron chi connectivity index (χ2n) is 5.68. The van der Waals surface area contributed by atoms with E-state index in [0.29, 0.717) is 0 Å². The molecule has 0 aromatic heterocycles. The number of carbonyl (C=O) groups excluding carboxylic acids is 1. The van der Waals surface area contributed by atoms with Crippen molar-refractivity contribution in [3.05, 3.63) is 29.8 Å². The standard InChI is InChI=1S/C15H24N2O3/c1-10(2)20-12-7-5-11(6-8-12)13(18)9-17-14(19)15(3,4)16/h5-8,10,13,18H,9,16H2,1-4H3,(H,17,19). The van der Waals surface area contributed by atoms with Gasteiger partial charge in [-0.15, -0.1) is 0 Å². The number of nitrogens with one attached hydrogen (secondary N) is 1. The molecule has 1 aromatic rings. The molecule has 20 heavy (non-hydrogen) atoms. The summed E-state index contributed by atoms with van der Waals surface area (Å²) in [6, 6.07) is 7.16. The number of nitrogens with two attached hydrogens (primary N) is 1. The van der Waals surface area contributed by atoms with E-state index in [1.807, 2.05) is 13.8 Å². The van der Waals surface area contributed by atoms with Gasteiger partial charge >= 0.3 is 0 Å². The van der Waals surface area contributed by atoms with Gasteiger partial charge < -0.3 is 20.9 Å². The zero-order valence-corrected chi connectivity index (χ0v) is 12.5. The second-order valence-corrected chi connectivity index (χ2v) is 5.68. The SMILES string of the molecule is CC(C)Oc1ccc(C(O)CNC(=O)C(C)(C)N)cc1. The van der Waals surface area contributed by atoms with Crippen molar-refractivity contribution < 1.29 is 14.6 Å². The molecule has 5 nitrogen and oxygen atoms in total. The van der Waals surface area contributed by atoms with Crippen molar-refractivity contribution >= 4 is 5.91 Å². The maximum absolute atomic E-state index is 11.6. The lowest BCUT2D eigenvalue weighted by Crippen LogP contribution is -2.49. The van der Waals surface area contributed by atoms with Crippen molar-refractivity contribution in [1.82, 2.24) is 5.32 Å².